The Kier molecular flexibility index (Phi) is 4.91. The van der Waals surface area contributed by atoms with Crippen LogP contribution in [0.4, 0.5) is 0 Å². The Morgan fingerprint density at radius 2 is 2.20 bits per heavy atom. The lowest BCUT2D eigenvalue weighted by Gasteiger charge is -2.38. The van der Waals surface area contributed by atoms with E-state index in [4.69, 9.17) is 41.2 Å². The van der Waals surface area contributed by atoms with Crippen LogP contribution in [0, 0.1) is 0 Å². The predicted molar refractivity (Wildman–Crippen MR) is 88.6 cm³/mol. The van der Waals surface area contributed by atoms with Crippen molar-refractivity contribution < 1.29 is 0 Å². The van der Waals surface area contributed by atoms with Crippen LogP contribution in [0.3, 0.4) is 0 Å². The van der Waals surface area contributed by atoms with Gasteiger partial charge in [-0.25, -0.2) is 0 Å². The Hall–Kier alpha value is -1.23. The first kappa shape index (κ1) is 15.2. The number of nitrogens with two attached hydrogens (primary N) is 1. The molecule has 1 unspecified atom stereocenters. The molecule has 0 fully saturated rings. The van der Waals surface area contributed by atoms with E-state index >= 15 is 0 Å². The van der Waals surface area contributed by atoms with Gasteiger partial charge in [0, 0.05) is 17.8 Å². The number of nitrogens with zero attached hydrogens (tertiary/aromatic N) is 1. The standard InChI is InChI=1S/C14H15Cl2N3S/c15-12-5-3-4-11(10-12)6-9-19-8-2-1-7-14(19,16)18-13(17)20/h1-5,7-8,10H,6,9H2,(H3,17,18,20). The van der Waals surface area contributed by atoms with Crippen LogP contribution in [-0.2, 0) is 6.42 Å². The minimum absolute atomic E-state index is 0.160. The fraction of sp³-hybridized carbons (Fsp3) is 0.214. The highest BCUT2D eigenvalue weighted by atomic mass is 35.5. The van der Waals surface area contributed by atoms with Crippen molar-refractivity contribution in [3.05, 3.63) is 59.3 Å². The summed E-state index contributed by atoms with van der Waals surface area (Å²) < 4.78 is 0. The molecule has 0 amide bonds. The molecule has 1 aromatic carbocycles. The Labute approximate surface area is 134 Å². The molecule has 0 radical (unpaired) electrons. The van der Waals surface area contributed by atoms with E-state index < -0.39 is 5.12 Å². The fourth-order valence-corrected chi connectivity index (χ4v) is 2.75. The molecule has 1 aliphatic heterocycles. The van der Waals surface area contributed by atoms with Gasteiger partial charge in [0.1, 0.15) is 0 Å². The first-order chi connectivity index (χ1) is 9.49. The maximum atomic E-state index is 6.52. The monoisotopic (exact) mass is 327 g/mol. The van der Waals surface area contributed by atoms with Crippen molar-refractivity contribution in [2.24, 2.45) is 5.73 Å². The number of nitrogens with one attached hydrogen (secondary N) is 1. The molecule has 3 nitrogen and oxygen atoms in total. The van der Waals surface area contributed by atoms with Crippen LogP contribution in [0.25, 0.3) is 0 Å². The van der Waals surface area contributed by atoms with E-state index in [0.29, 0.717) is 6.54 Å². The molecular formula is C14H15Cl2N3S. The van der Waals surface area contributed by atoms with Crippen molar-refractivity contribution >= 4 is 40.5 Å². The highest BCUT2D eigenvalue weighted by Gasteiger charge is 2.31. The van der Waals surface area contributed by atoms with Gasteiger partial charge in [-0.3, -0.25) is 0 Å². The number of hydrogen-bond donors (Lipinski definition) is 2. The third-order valence-corrected chi connectivity index (χ3v) is 3.72. The zero-order valence-corrected chi connectivity index (χ0v) is 13.1. The number of halogens is 2. The maximum absolute atomic E-state index is 6.52. The molecule has 0 spiro atoms. The lowest BCUT2D eigenvalue weighted by atomic mass is 10.1. The van der Waals surface area contributed by atoms with E-state index in [9.17, 15) is 0 Å². The Morgan fingerprint density at radius 3 is 2.90 bits per heavy atom. The quantitative estimate of drug-likeness (QED) is 0.506. The van der Waals surface area contributed by atoms with Crippen LogP contribution in [0.2, 0.25) is 5.02 Å². The number of thiocarbonyl (C=S) groups is 1. The summed E-state index contributed by atoms with van der Waals surface area (Å²) in [7, 11) is 0. The summed E-state index contributed by atoms with van der Waals surface area (Å²) in [6.07, 6.45) is 8.30. The number of allylic oxidation sites excluding steroid dienone is 2. The first-order valence-corrected chi connectivity index (χ1v) is 7.30. The number of hydrogen-bond acceptors (Lipinski definition) is 2. The summed E-state index contributed by atoms with van der Waals surface area (Å²) in [5.74, 6) is 0. The van der Waals surface area contributed by atoms with Crippen molar-refractivity contribution in [1.82, 2.24) is 10.2 Å². The summed E-state index contributed by atoms with van der Waals surface area (Å²) in [6, 6.07) is 7.77. The van der Waals surface area contributed by atoms with Crippen molar-refractivity contribution in [2.75, 3.05) is 6.54 Å². The average Bonchev–Trinajstić information content (AvgIpc) is 2.36. The van der Waals surface area contributed by atoms with Crippen molar-refractivity contribution in [3.8, 4) is 0 Å². The van der Waals surface area contributed by atoms with Crippen molar-refractivity contribution in [1.29, 1.82) is 0 Å². The maximum Gasteiger partial charge on any atom is 0.210 e. The fourth-order valence-electron chi connectivity index (χ4n) is 2.01. The molecule has 3 N–H and O–H groups in total. The molecule has 0 aliphatic carbocycles. The summed E-state index contributed by atoms with van der Waals surface area (Å²) in [4.78, 5) is 1.94. The van der Waals surface area contributed by atoms with E-state index in [-0.39, 0.29) is 5.11 Å². The molecule has 0 bridgehead atoms. The summed E-state index contributed by atoms with van der Waals surface area (Å²) in [5.41, 5.74) is 6.68. The van der Waals surface area contributed by atoms with Gasteiger partial charge < -0.3 is 16.0 Å². The van der Waals surface area contributed by atoms with E-state index in [2.05, 4.69) is 5.32 Å². The summed E-state index contributed by atoms with van der Waals surface area (Å²) >= 11 is 17.4. The number of benzene rings is 1. The second-order valence-electron chi connectivity index (χ2n) is 4.44. The van der Waals surface area contributed by atoms with Gasteiger partial charge in [-0.05, 0) is 48.5 Å². The van der Waals surface area contributed by atoms with Crippen molar-refractivity contribution in [2.45, 2.75) is 11.5 Å². The van der Waals surface area contributed by atoms with Gasteiger partial charge in [-0.1, -0.05) is 41.4 Å². The molecule has 106 valence electrons. The SMILES string of the molecule is NC(=S)NC1(Cl)C=CC=CN1CCc1cccc(Cl)c1. The summed E-state index contributed by atoms with van der Waals surface area (Å²) in [5, 5.41) is 2.87. The van der Waals surface area contributed by atoms with Crippen LogP contribution in [0.5, 0.6) is 0 Å². The van der Waals surface area contributed by atoms with Crippen LogP contribution in [0.1, 0.15) is 5.56 Å². The molecule has 0 saturated carbocycles. The number of rotatable bonds is 4. The smallest absolute Gasteiger partial charge is 0.210 e. The number of alkyl halides is 1. The first-order valence-electron chi connectivity index (χ1n) is 6.13. The average molecular weight is 328 g/mol. The van der Waals surface area contributed by atoms with E-state index in [1.165, 1.54) is 0 Å². The second-order valence-corrected chi connectivity index (χ2v) is 5.89. The van der Waals surface area contributed by atoms with Gasteiger partial charge in [0.2, 0.25) is 5.12 Å². The minimum Gasteiger partial charge on any atom is -0.376 e. The Balaban J connectivity index is 2.05. The Bertz CT molecular complexity index is 559. The van der Waals surface area contributed by atoms with Gasteiger partial charge in [-0.15, -0.1) is 0 Å². The van der Waals surface area contributed by atoms with Crippen LogP contribution in [-0.4, -0.2) is 21.7 Å². The molecule has 1 aromatic rings. The summed E-state index contributed by atoms with van der Waals surface area (Å²) in [6.45, 7) is 0.709. The van der Waals surface area contributed by atoms with E-state index in [0.717, 1.165) is 17.0 Å². The zero-order valence-electron chi connectivity index (χ0n) is 10.7. The molecule has 1 heterocycles. The van der Waals surface area contributed by atoms with E-state index in [1.807, 2.05) is 53.6 Å². The largest absolute Gasteiger partial charge is 0.376 e. The molecule has 1 aliphatic rings. The van der Waals surface area contributed by atoms with E-state index in [1.54, 1.807) is 0 Å². The molecule has 1 atom stereocenters. The second kappa shape index (κ2) is 6.48. The van der Waals surface area contributed by atoms with Crippen LogP contribution >= 0.6 is 35.4 Å². The molecule has 6 heteroatoms. The molecule has 20 heavy (non-hydrogen) atoms. The molecule has 2 rings (SSSR count). The van der Waals surface area contributed by atoms with Crippen LogP contribution < -0.4 is 11.1 Å². The van der Waals surface area contributed by atoms with Gasteiger partial charge >= 0.3 is 0 Å². The highest BCUT2D eigenvalue weighted by Crippen LogP contribution is 2.24. The van der Waals surface area contributed by atoms with Gasteiger partial charge in [-0.2, -0.15) is 0 Å². The highest BCUT2D eigenvalue weighted by molar-refractivity contribution is 7.80. The molecular weight excluding hydrogens is 313 g/mol. The lowest BCUT2D eigenvalue weighted by molar-refractivity contribution is 0.264. The predicted octanol–water partition coefficient (Wildman–Crippen LogP) is 2.99. The van der Waals surface area contributed by atoms with Crippen molar-refractivity contribution in [3.63, 3.8) is 0 Å². The minimum atomic E-state index is -0.918. The molecule has 0 aromatic heterocycles. The molecule has 0 saturated heterocycles. The third kappa shape index (κ3) is 3.88. The van der Waals surface area contributed by atoms with Crippen LogP contribution in [0.15, 0.2) is 48.7 Å². The van der Waals surface area contributed by atoms with Gasteiger partial charge in [0.25, 0.3) is 0 Å². The lowest BCUT2D eigenvalue weighted by Crippen LogP contribution is -2.56. The van der Waals surface area contributed by atoms with Gasteiger partial charge in [0.15, 0.2) is 5.11 Å². The van der Waals surface area contributed by atoms with Gasteiger partial charge in [0.05, 0.1) is 0 Å². The third-order valence-electron chi connectivity index (χ3n) is 2.94. The normalized spacial score (nSPS) is 21.0. The topological polar surface area (TPSA) is 41.3 Å². The Morgan fingerprint density at radius 1 is 1.40 bits per heavy atom. The zero-order chi connectivity index (χ0) is 14.6.